The molecule has 1 aliphatic rings. The van der Waals surface area contributed by atoms with Crippen molar-refractivity contribution in [2.45, 2.75) is 25.9 Å². The van der Waals surface area contributed by atoms with Crippen LogP contribution in [0.2, 0.25) is 0 Å². The quantitative estimate of drug-likeness (QED) is 0.785. The monoisotopic (exact) mass is 368 g/mol. The van der Waals surface area contributed by atoms with Gasteiger partial charge in [0.2, 0.25) is 0 Å². The molecular formula is C21H24N2O4. The summed E-state index contributed by atoms with van der Waals surface area (Å²) >= 11 is 0. The van der Waals surface area contributed by atoms with Crippen molar-refractivity contribution in [3.63, 3.8) is 0 Å². The molecule has 3 rings (SSSR count). The van der Waals surface area contributed by atoms with Crippen molar-refractivity contribution in [3.8, 4) is 16.9 Å². The normalized spacial score (nSPS) is 16.1. The number of nitrogens with two attached hydrogens (primary N) is 1. The molecule has 27 heavy (non-hydrogen) atoms. The van der Waals surface area contributed by atoms with Crippen molar-refractivity contribution in [2.24, 2.45) is 5.73 Å². The Morgan fingerprint density at radius 1 is 1.26 bits per heavy atom. The van der Waals surface area contributed by atoms with Crippen LogP contribution >= 0.6 is 0 Å². The average molecular weight is 368 g/mol. The van der Waals surface area contributed by atoms with Gasteiger partial charge in [-0.1, -0.05) is 23.8 Å². The molecule has 0 aromatic heterocycles. The predicted octanol–water partition coefficient (Wildman–Crippen LogP) is 2.43. The molecule has 2 amide bonds. The first-order valence-corrected chi connectivity index (χ1v) is 9.05. The molecule has 0 spiro atoms. The van der Waals surface area contributed by atoms with Gasteiger partial charge in [0.05, 0.1) is 6.10 Å². The maximum absolute atomic E-state index is 12.5. The molecular weight excluding hydrogens is 344 g/mol. The molecule has 6 heteroatoms. The minimum atomic E-state index is -0.538. The van der Waals surface area contributed by atoms with E-state index < -0.39 is 5.91 Å². The molecule has 1 saturated heterocycles. The number of ether oxygens (including phenoxy) is 2. The molecule has 2 aromatic rings. The Labute approximate surface area is 158 Å². The highest BCUT2D eigenvalue weighted by molar-refractivity contribution is 5.95. The summed E-state index contributed by atoms with van der Waals surface area (Å²) in [5.41, 5.74) is 8.44. The Balaban J connectivity index is 1.79. The number of rotatable bonds is 7. The molecule has 142 valence electrons. The minimum absolute atomic E-state index is 0.0997. The van der Waals surface area contributed by atoms with Crippen LogP contribution in [0, 0.1) is 6.92 Å². The lowest BCUT2D eigenvalue weighted by atomic mass is 10.00. The van der Waals surface area contributed by atoms with Gasteiger partial charge in [-0.05, 0) is 49.6 Å². The lowest BCUT2D eigenvalue weighted by molar-refractivity contribution is -0.119. The summed E-state index contributed by atoms with van der Waals surface area (Å²) in [4.78, 5) is 23.5. The van der Waals surface area contributed by atoms with Crippen molar-refractivity contribution < 1.29 is 19.1 Å². The van der Waals surface area contributed by atoms with Crippen molar-refractivity contribution >= 4 is 11.8 Å². The largest absolute Gasteiger partial charge is 0.483 e. The second-order valence-electron chi connectivity index (χ2n) is 6.68. The number of nitrogens with one attached hydrogen (secondary N) is 1. The number of carbonyl (C=O) groups is 2. The Morgan fingerprint density at radius 3 is 2.85 bits per heavy atom. The summed E-state index contributed by atoms with van der Waals surface area (Å²) in [5.74, 6) is -0.125. The molecule has 1 atom stereocenters. The molecule has 2 aromatic carbocycles. The number of carbonyl (C=O) groups excluding carboxylic acids is 2. The van der Waals surface area contributed by atoms with Crippen molar-refractivity contribution in [1.29, 1.82) is 0 Å². The third kappa shape index (κ3) is 5.08. The van der Waals surface area contributed by atoms with E-state index in [0.717, 1.165) is 36.1 Å². The van der Waals surface area contributed by atoms with Crippen molar-refractivity contribution in [3.05, 3.63) is 53.6 Å². The fraction of sp³-hybridized carbons (Fsp3) is 0.333. The number of aryl methyl sites for hydroxylation is 1. The number of primary amides is 1. The Hall–Kier alpha value is -2.86. The van der Waals surface area contributed by atoms with Gasteiger partial charge >= 0.3 is 0 Å². The zero-order chi connectivity index (χ0) is 19.2. The van der Waals surface area contributed by atoms with Crippen LogP contribution in [0.15, 0.2) is 42.5 Å². The Bertz CT molecular complexity index is 829. The van der Waals surface area contributed by atoms with Gasteiger partial charge in [0.25, 0.3) is 11.8 Å². The van der Waals surface area contributed by atoms with Gasteiger partial charge in [-0.3, -0.25) is 9.59 Å². The highest BCUT2D eigenvalue weighted by Gasteiger charge is 2.17. The first-order valence-electron chi connectivity index (χ1n) is 9.05. The molecule has 0 unspecified atom stereocenters. The van der Waals surface area contributed by atoms with Crippen LogP contribution in [-0.2, 0) is 9.53 Å². The summed E-state index contributed by atoms with van der Waals surface area (Å²) in [6.45, 7) is 3.05. The maximum Gasteiger partial charge on any atom is 0.255 e. The van der Waals surface area contributed by atoms with Gasteiger partial charge in [0, 0.05) is 24.3 Å². The predicted molar refractivity (Wildman–Crippen MR) is 103 cm³/mol. The van der Waals surface area contributed by atoms with Crippen LogP contribution in [0.1, 0.15) is 28.8 Å². The summed E-state index contributed by atoms with van der Waals surface area (Å²) < 4.78 is 11.1. The smallest absolute Gasteiger partial charge is 0.255 e. The zero-order valence-electron chi connectivity index (χ0n) is 15.4. The molecule has 1 heterocycles. The van der Waals surface area contributed by atoms with Gasteiger partial charge in [-0.15, -0.1) is 0 Å². The molecule has 0 radical (unpaired) electrons. The van der Waals surface area contributed by atoms with Gasteiger partial charge in [-0.25, -0.2) is 0 Å². The SMILES string of the molecule is Cc1ccc(OCC(N)=O)c(-c2cccc(C(=O)NC[C@@H]3CCCO3)c2)c1. The van der Waals surface area contributed by atoms with Crippen molar-refractivity contribution in [1.82, 2.24) is 5.32 Å². The fourth-order valence-electron chi connectivity index (χ4n) is 3.09. The fourth-order valence-corrected chi connectivity index (χ4v) is 3.09. The van der Waals surface area contributed by atoms with Crippen LogP contribution in [0.25, 0.3) is 11.1 Å². The molecule has 0 aliphatic carbocycles. The van der Waals surface area contributed by atoms with Crippen LogP contribution in [0.5, 0.6) is 5.75 Å². The molecule has 0 saturated carbocycles. The van der Waals surface area contributed by atoms with E-state index >= 15 is 0 Å². The first kappa shape index (κ1) is 18.9. The van der Waals surface area contributed by atoms with Crippen LogP contribution in [0.4, 0.5) is 0 Å². The molecule has 6 nitrogen and oxygen atoms in total. The van der Waals surface area contributed by atoms with Crippen LogP contribution in [-0.4, -0.2) is 37.7 Å². The molecule has 3 N–H and O–H groups in total. The van der Waals surface area contributed by atoms with Crippen LogP contribution in [0.3, 0.4) is 0 Å². The zero-order valence-corrected chi connectivity index (χ0v) is 15.4. The van der Waals surface area contributed by atoms with Crippen LogP contribution < -0.4 is 15.8 Å². The van der Waals surface area contributed by atoms with E-state index in [1.807, 2.05) is 37.3 Å². The van der Waals surface area contributed by atoms with E-state index in [0.29, 0.717) is 17.9 Å². The first-order chi connectivity index (χ1) is 13.0. The lowest BCUT2D eigenvalue weighted by Gasteiger charge is -2.14. The topological polar surface area (TPSA) is 90.7 Å². The number of amides is 2. The third-order valence-electron chi connectivity index (χ3n) is 4.46. The Kier molecular flexibility index (Phi) is 6.08. The van der Waals surface area contributed by atoms with Crippen molar-refractivity contribution in [2.75, 3.05) is 19.8 Å². The number of hydrogen-bond donors (Lipinski definition) is 2. The molecule has 0 bridgehead atoms. The van der Waals surface area contributed by atoms with E-state index in [-0.39, 0.29) is 18.6 Å². The highest BCUT2D eigenvalue weighted by atomic mass is 16.5. The van der Waals surface area contributed by atoms with E-state index in [4.69, 9.17) is 15.2 Å². The second-order valence-corrected chi connectivity index (χ2v) is 6.68. The van der Waals surface area contributed by atoms with E-state index in [1.165, 1.54) is 0 Å². The number of benzene rings is 2. The lowest BCUT2D eigenvalue weighted by Crippen LogP contribution is -2.31. The number of hydrogen-bond acceptors (Lipinski definition) is 4. The third-order valence-corrected chi connectivity index (χ3v) is 4.46. The van der Waals surface area contributed by atoms with E-state index in [1.54, 1.807) is 12.1 Å². The summed E-state index contributed by atoms with van der Waals surface area (Å²) in [5, 5.41) is 2.93. The minimum Gasteiger partial charge on any atom is -0.483 e. The second kappa shape index (κ2) is 8.68. The van der Waals surface area contributed by atoms with Gasteiger partial charge in [0.1, 0.15) is 5.75 Å². The summed E-state index contributed by atoms with van der Waals surface area (Å²) in [7, 11) is 0. The van der Waals surface area contributed by atoms with E-state index in [2.05, 4.69) is 5.32 Å². The summed E-state index contributed by atoms with van der Waals surface area (Å²) in [6, 6.07) is 13.0. The average Bonchev–Trinajstić information content (AvgIpc) is 3.18. The van der Waals surface area contributed by atoms with E-state index in [9.17, 15) is 9.59 Å². The molecule has 1 fully saturated rings. The van der Waals surface area contributed by atoms with Gasteiger partial charge in [0.15, 0.2) is 6.61 Å². The van der Waals surface area contributed by atoms with Gasteiger partial charge in [-0.2, -0.15) is 0 Å². The maximum atomic E-state index is 12.5. The summed E-state index contributed by atoms with van der Waals surface area (Å²) in [6.07, 6.45) is 2.12. The molecule has 1 aliphatic heterocycles. The Morgan fingerprint density at radius 2 is 2.11 bits per heavy atom. The highest BCUT2D eigenvalue weighted by Crippen LogP contribution is 2.31. The van der Waals surface area contributed by atoms with Gasteiger partial charge < -0.3 is 20.5 Å². The standard InChI is InChI=1S/C21H24N2O4/c1-14-7-8-19(27-13-20(22)24)18(10-14)15-4-2-5-16(11-15)21(25)23-12-17-6-3-9-26-17/h2,4-5,7-8,10-11,17H,3,6,9,12-13H2,1H3,(H2,22,24)(H,23,25)/t17-/m0/s1.